The van der Waals surface area contributed by atoms with Crippen LogP contribution in [-0.4, -0.2) is 31.6 Å². The number of nitrogens with one attached hydrogen (secondary N) is 2. The highest BCUT2D eigenvalue weighted by Gasteiger charge is 2.04. The second-order valence-electron chi connectivity index (χ2n) is 5.36. The van der Waals surface area contributed by atoms with Gasteiger partial charge in [-0.3, -0.25) is 4.79 Å². The smallest absolute Gasteiger partial charge is 0.223 e. The van der Waals surface area contributed by atoms with Gasteiger partial charge in [0.15, 0.2) is 0 Å². The molecule has 0 radical (unpaired) electrons. The molecule has 0 aliphatic carbocycles. The number of hydrogen-bond donors (Lipinski definition) is 2. The van der Waals surface area contributed by atoms with Crippen molar-refractivity contribution in [2.45, 2.75) is 45.7 Å². The lowest BCUT2D eigenvalue weighted by molar-refractivity contribution is -0.122. The van der Waals surface area contributed by atoms with Crippen LogP contribution in [0, 0.1) is 0 Å². The molecule has 1 unspecified atom stereocenters. The summed E-state index contributed by atoms with van der Waals surface area (Å²) in [5.74, 6) is 0.836. The molecule has 1 atom stereocenters. The van der Waals surface area contributed by atoms with Crippen LogP contribution in [0.2, 0.25) is 0 Å². The Hall–Kier alpha value is -1.55. The van der Waals surface area contributed by atoms with Gasteiger partial charge in [-0.25, -0.2) is 0 Å². The third-order valence-electron chi connectivity index (χ3n) is 3.01. The molecule has 1 amide bonds. The molecular weight excluding hydrogens is 252 g/mol. The van der Waals surface area contributed by atoms with Crippen LogP contribution in [0.15, 0.2) is 24.3 Å². The molecule has 2 N–H and O–H groups in total. The van der Waals surface area contributed by atoms with Crippen molar-refractivity contribution in [1.82, 2.24) is 10.6 Å². The molecule has 4 heteroatoms. The molecule has 0 saturated carbocycles. The topological polar surface area (TPSA) is 50.4 Å². The Morgan fingerprint density at radius 3 is 2.40 bits per heavy atom. The largest absolute Gasteiger partial charge is 0.493 e. The van der Waals surface area contributed by atoms with Crippen LogP contribution in [0.5, 0.6) is 5.75 Å². The SMILES string of the molecule is CNC(C)Cc1ccc(OCCC(=O)NC(C)C)cc1. The fourth-order valence-electron chi connectivity index (χ4n) is 1.83. The van der Waals surface area contributed by atoms with Crippen molar-refractivity contribution < 1.29 is 9.53 Å². The van der Waals surface area contributed by atoms with Crippen molar-refractivity contribution in [2.75, 3.05) is 13.7 Å². The first-order valence-corrected chi connectivity index (χ1v) is 7.19. The molecule has 4 nitrogen and oxygen atoms in total. The zero-order chi connectivity index (χ0) is 15.0. The van der Waals surface area contributed by atoms with Gasteiger partial charge in [0.25, 0.3) is 0 Å². The normalized spacial score (nSPS) is 12.2. The Balaban J connectivity index is 2.33. The fourth-order valence-corrected chi connectivity index (χ4v) is 1.83. The standard InChI is InChI=1S/C16H26N2O2/c1-12(2)18-16(19)9-10-20-15-7-5-14(6-8-15)11-13(3)17-4/h5-8,12-13,17H,9-11H2,1-4H3,(H,18,19). The average Bonchev–Trinajstić information content (AvgIpc) is 2.39. The van der Waals surface area contributed by atoms with E-state index in [1.54, 1.807) is 0 Å². The van der Waals surface area contributed by atoms with E-state index in [9.17, 15) is 4.79 Å². The van der Waals surface area contributed by atoms with Gasteiger partial charge in [-0.2, -0.15) is 0 Å². The van der Waals surface area contributed by atoms with Gasteiger partial charge >= 0.3 is 0 Å². The maximum atomic E-state index is 11.5. The number of amides is 1. The summed E-state index contributed by atoms with van der Waals surface area (Å²) in [5, 5.41) is 6.05. The van der Waals surface area contributed by atoms with Gasteiger partial charge in [0.1, 0.15) is 5.75 Å². The number of carbonyl (C=O) groups is 1. The number of carbonyl (C=O) groups excluding carboxylic acids is 1. The summed E-state index contributed by atoms with van der Waals surface area (Å²) in [6.45, 7) is 6.45. The van der Waals surface area contributed by atoms with Gasteiger partial charge in [-0.1, -0.05) is 12.1 Å². The van der Waals surface area contributed by atoms with Gasteiger partial charge in [0.05, 0.1) is 13.0 Å². The zero-order valence-corrected chi connectivity index (χ0v) is 12.9. The van der Waals surface area contributed by atoms with E-state index in [4.69, 9.17) is 4.74 Å². The maximum Gasteiger partial charge on any atom is 0.223 e. The Bertz CT molecular complexity index is 401. The van der Waals surface area contributed by atoms with Crippen LogP contribution >= 0.6 is 0 Å². The summed E-state index contributed by atoms with van der Waals surface area (Å²) in [4.78, 5) is 11.5. The number of likely N-dealkylation sites (N-methyl/N-ethyl adjacent to an activating group) is 1. The third-order valence-corrected chi connectivity index (χ3v) is 3.01. The molecule has 1 aromatic carbocycles. The molecule has 0 aromatic heterocycles. The molecular formula is C16H26N2O2. The second-order valence-corrected chi connectivity index (χ2v) is 5.36. The van der Waals surface area contributed by atoms with E-state index in [2.05, 4.69) is 29.7 Å². The highest BCUT2D eigenvalue weighted by atomic mass is 16.5. The maximum absolute atomic E-state index is 11.5. The summed E-state index contributed by atoms with van der Waals surface area (Å²) in [6.07, 6.45) is 1.38. The average molecular weight is 278 g/mol. The summed E-state index contributed by atoms with van der Waals surface area (Å²) >= 11 is 0. The molecule has 0 aliphatic rings. The van der Waals surface area contributed by atoms with Crippen molar-refractivity contribution in [3.63, 3.8) is 0 Å². The predicted octanol–water partition coefficient (Wildman–Crippen LogP) is 2.13. The molecule has 0 aliphatic heterocycles. The van der Waals surface area contributed by atoms with Crippen LogP contribution in [0.1, 0.15) is 32.8 Å². The molecule has 0 saturated heterocycles. The lowest BCUT2D eigenvalue weighted by Gasteiger charge is -2.11. The van der Waals surface area contributed by atoms with E-state index < -0.39 is 0 Å². The van der Waals surface area contributed by atoms with Crippen molar-refractivity contribution >= 4 is 5.91 Å². The highest BCUT2D eigenvalue weighted by molar-refractivity contribution is 5.76. The van der Waals surface area contributed by atoms with Gasteiger partial charge in [-0.05, 0) is 51.9 Å². The first-order chi connectivity index (χ1) is 9.51. The number of benzene rings is 1. The van der Waals surface area contributed by atoms with Crippen LogP contribution in [0.25, 0.3) is 0 Å². The molecule has 1 aromatic rings. The highest BCUT2D eigenvalue weighted by Crippen LogP contribution is 2.13. The predicted molar refractivity (Wildman–Crippen MR) is 82.1 cm³/mol. The van der Waals surface area contributed by atoms with Crippen LogP contribution in [0.3, 0.4) is 0 Å². The van der Waals surface area contributed by atoms with E-state index in [1.807, 2.05) is 33.0 Å². The lowest BCUT2D eigenvalue weighted by Crippen LogP contribution is -2.31. The van der Waals surface area contributed by atoms with Gasteiger partial charge in [-0.15, -0.1) is 0 Å². The van der Waals surface area contributed by atoms with E-state index in [-0.39, 0.29) is 11.9 Å². The van der Waals surface area contributed by atoms with Gasteiger partial charge < -0.3 is 15.4 Å². The quantitative estimate of drug-likeness (QED) is 0.766. The second kappa shape index (κ2) is 8.59. The van der Waals surface area contributed by atoms with Crippen molar-refractivity contribution in [1.29, 1.82) is 0 Å². The zero-order valence-electron chi connectivity index (χ0n) is 12.9. The molecule has 1 rings (SSSR count). The number of ether oxygens (including phenoxy) is 1. The minimum Gasteiger partial charge on any atom is -0.493 e. The van der Waals surface area contributed by atoms with Crippen LogP contribution in [-0.2, 0) is 11.2 Å². The summed E-state index contributed by atoms with van der Waals surface area (Å²) in [5.41, 5.74) is 1.27. The molecule has 112 valence electrons. The molecule has 0 fully saturated rings. The van der Waals surface area contributed by atoms with E-state index in [1.165, 1.54) is 5.56 Å². The Labute approximate surface area is 121 Å². The first kappa shape index (κ1) is 16.5. The van der Waals surface area contributed by atoms with Crippen LogP contribution < -0.4 is 15.4 Å². The Morgan fingerprint density at radius 2 is 1.85 bits per heavy atom. The fraction of sp³-hybridized carbons (Fsp3) is 0.562. The van der Waals surface area contributed by atoms with Crippen molar-refractivity contribution in [3.05, 3.63) is 29.8 Å². The Morgan fingerprint density at radius 1 is 1.20 bits per heavy atom. The summed E-state index contributed by atoms with van der Waals surface area (Å²) in [7, 11) is 1.96. The van der Waals surface area contributed by atoms with Gasteiger partial charge in [0.2, 0.25) is 5.91 Å². The van der Waals surface area contributed by atoms with E-state index >= 15 is 0 Å². The summed E-state index contributed by atoms with van der Waals surface area (Å²) < 4.78 is 5.57. The van der Waals surface area contributed by atoms with Crippen molar-refractivity contribution in [2.24, 2.45) is 0 Å². The number of rotatable bonds is 8. The Kier molecular flexibility index (Phi) is 7.09. The van der Waals surface area contributed by atoms with Crippen LogP contribution in [0.4, 0.5) is 0 Å². The molecule has 0 heterocycles. The monoisotopic (exact) mass is 278 g/mol. The first-order valence-electron chi connectivity index (χ1n) is 7.19. The summed E-state index contributed by atoms with van der Waals surface area (Å²) in [6, 6.07) is 8.68. The lowest BCUT2D eigenvalue weighted by atomic mass is 10.1. The van der Waals surface area contributed by atoms with E-state index in [0.717, 1.165) is 12.2 Å². The number of hydrogen-bond acceptors (Lipinski definition) is 3. The van der Waals surface area contributed by atoms with E-state index in [0.29, 0.717) is 19.1 Å². The molecule has 20 heavy (non-hydrogen) atoms. The van der Waals surface area contributed by atoms with Crippen molar-refractivity contribution in [3.8, 4) is 5.75 Å². The minimum absolute atomic E-state index is 0.0273. The van der Waals surface area contributed by atoms with Gasteiger partial charge in [0, 0.05) is 12.1 Å². The third kappa shape index (κ3) is 6.57. The molecule has 0 spiro atoms. The molecule has 0 bridgehead atoms. The minimum atomic E-state index is 0.0273.